The SMILES string of the molecule is C[C@@H]1CSC(N(C(=O)c2cncc(Br)c2)c2ccc(Cl)cc2)=N1. The van der Waals surface area contributed by atoms with Gasteiger partial charge in [-0.3, -0.25) is 19.7 Å². The first-order valence-corrected chi connectivity index (χ1v) is 9.11. The second-order valence-corrected chi connectivity index (χ2v) is 7.42. The van der Waals surface area contributed by atoms with Gasteiger partial charge in [0.25, 0.3) is 5.91 Å². The fourth-order valence-electron chi connectivity index (χ4n) is 2.14. The van der Waals surface area contributed by atoms with Crippen LogP contribution in [0.5, 0.6) is 0 Å². The lowest BCUT2D eigenvalue weighted by Crippen LogP contribution is -2.34. The highest BCUT2D eigenvalue weighted by Crippen LogP contribution is 2.28. The highest BCUT2D eigenvalue weighted by atomic mass is 79.9. The van der Waals surface area contributed by atoms with E-state index >= 15 is 0 Å². The molecule has 1 aliphatic rings. The Morgan fingerprint density at radius 3 is 2.70 bits per heavy atom. The number of rotatable bonds is 2. The molecule has 23 heavy (non-hydrogen) atoms. The van der Waals surface area contributed by atoms with Gasteiger partial charge in [0.15, 0.2) is 5.17 Å². The van der Waals surface area contributed by atoms with E-state index in [0.29, 0.717) is 15.8 Å². The van der Waals surface area contributed by atoms with Crippen LogP contribution in [-0.2, 0) is 0 Å². The molecule has 2 heterocycles. The molecule has 0 unspecified atom stereocenters. The van der Waals surface area contributed by atoms with Crippen LogP contribution >= 0.6 is 39.3 Å². The summed E-state index contributed by atoms with van der Waals surface area (Å²) in [6.45, 7) is 2.03. The molecule has 0 fully saturated rings. The molecule has 0 saturated heterocycles. The number of hydrogen-bond donors (Lipinski definition) is 0. The molecule has 1 atom stereocenters. The highest BCUT2D eigenvalue weighted by molar-refractivity contribution is 9.10. The van der Waals surface area contributed by atoms with Crippen molar-refractivity contribution in [3.05, 3.63) is 57.8 Å². The summed E-state index contributed by atoms with van der Waals surface area (Å²) < 4.78 is 0.758. The quantitative estimate of drug-likeness (QED) is 0.725. The molecule has 1 aliphatic heterocycles. The molecule has 2 aromatic rings. The summed E-state index contributed by atoms with van der Waals surface area (Å²) in [6, 6.07) is 9.11. The van der Waals surface area contributed by atoms with Crippen molar-refractivity contribution < 1.29 is 4.79 Å². The molecule has 1 aromatic carbocycles. The maximum Gasteiger partial charge on any atom is 0.266 e. The molecule has 0 saturated carbocycles. The molecular formula is C16H13BrClN3OS. The monoisotopic (exact) mass is 409 g/mol. The van der Waals surface area contributed by atoms with Crippen molar-refractivity contribution in [2.24, 2.45) is 4.99 Å². The molecule has 0 bridgehead atoms. The first-order valence-electron chi connectivity index (χ1n) is 6.96. The van der Waals surface area contributed by atoms with E-state index in [2.05, 4.69) is 25.9 Å². The van der Waals surface area contributed by atoms with E-state index in [1.165, 1.54) is 0 Å². The molecule has 118 valence electrons. The third-order valence-electron chi connectivity index (χ3n) is 3.22. The summed E-state index contributed by atoms with van der Waals surface area (Å²) in [6.07, 6.45) is 3.20. The Hall–Kier alpha value is -1.37. The first-order chi connectivity index (χ1) is 11.0. The predicted molar refractivity (Wildman–Crippen MR) is 99.6 cm³/mol. The minimum atomic E-state index is -0.165. The van der Waals surface area contributed by atoms with E-state index in [1.54, 1.807) is 47.3 Å². The molecule has 0 radical (unpaired) electrons. The van der Waals surface area contributed by atoms with Gasteiger partial charge in [0.05, 0.1) is 17.3 Å². The van der Waals surface area contributed by atoms with Crippen molar-refractivity contribution in [2.75, 3.05) is 10.7 Å². The van der Waals surface area contributed by atoms with E-state index in [-0.39, 0.29) is 11.9 Å². The Morgan fingerprint density at radius 2 is 2.09 bits per heavy atom. The van der Waals surface area contributed by atoms with Crippen LogP contribution in [0.2, 0.25) is 5.02 Å². The summed E-state index contributed by atoms with van der Waals surface area (Å²) in [4.78, 5) is 23.3. The van der Waals surface area contributed by atoms with Gasteiger partial charge in [0, 0.05) is 27.6 Å². The number of anilines is 1. The molecule has 1 aromatic heterocycles. The second-order valence-electron chi connectivity index (χ2n) is 5.08. The number of nitrogens with zero attached hydrogens (tertiary/aromatic N) is 3. The number of carbonyl (C=O) groups is 1. The number of carbonyl (C=O) groups excluding carboxylic acids is 1. The molecule has 4 nitrogen and oxygen atoms in total. The van der Waals surface area contributed by atoms with Gasteiger partial charge in [-0.05, 0) is 53.2 Å². The lowest BCUT2D eigenvalue weighted by Gasteiger charge is -2.22. The zero-order chi connectivity index (χ0) is 16.4. The van der Waals surface area contributed by atoms with Gasteiger partial charge >= 0.3 is 0 Å². The zero-order valence-electron chi connectivity index (χ0n) is 12.2. The Morgan fingerprint density at radius 1 is 1.35 bits per heavy atom. The van der Waals surface area contributed by atoms with Crippen molar-refractivity contribution in [3.63, 3.8) is 0 Å². The van der Waals surface area contributed by atoms with Gasteiger partial charge in [0.1, 0.15) is 0 Å². The van der Waals surface area contributed by atoms with Crippen LogP contribution in [0.1, 0.15) is 17.3 Å². The summed E-state index contributed by atoms with van der Waals surface area (Å²) in [5, 5.41) is 1.32. The molecule has 0 N–H and O–H groups in total. The van der Waals surface area contributed by atoms with Gasteiger partial charge in [0.2, 0.25) is 0 Å². The average molecular weight is 411 g/mol. The van der Waals surface area contributed by atoms with Gasteiger partial charge in [-0.15, -0.1) is 0 Å². The van der Waals surface area contributed by atoms with E-state index in [0.717, 1.165) is 15.9 Å². The van der Waals surface area contributed by atoms with Crippen LogP contribution in [-0.4, -0.2) is 27.9 Å². The van der Waals surface area contributed by atoms with E-state index in [1.807, 2.05) is 19.1 Å². The number of amides is 1. The molecule has 0 spiro atoms. The van der Waals surface area contributed by atoms with Gasteiger partial charge in [-0.25, -0.2) is 0 Å². The number of amidine groups is 1. The van der Waals surface area contributed by atoms with Crippen molar-refractivity contribution in [2.45, 2.75) is 13.0 Å². The van der Waals surface area contributed by atoms with E-state index < -0.39 is 0 Å². The molecular weight excluding hydrogens is 398 g/mol. The zero-order valence-corrected chi connectivity index (χ0v) is 15.4. The number of hydrogen-bond acceptors (Lipinski definition) is 4. The summed E-state index contributed by atoms with van der Waals surface area (Å²) in [5.74, 6) is 0.699. The topological polar surface area (TPSA) is 45.6 Å². The molecule has 7 heteroatoms. The fraction of sp³-hybridized carbons (Fsp3) is 0.188. The number of halogens is 2. The third-order valence-corrected chi connectivity index (χ3v) is 5.10. The number of aliphatic imine (C=N–C) groups is 1. The van der Waals surface area contributed by atoms with Crippen LogP contribution in [0.4, 0.5) is 5.69 Å². The third kappa shape index (κ3) is 3.76. The van der Waals surface area contributed by atoms with Crippen LogP contribution in [0.3, 0.4) is 0 Å². The minimum Gasteiger partial charge on any atom is -0.268 e. The largest absolute Gasteiger partial charge is 0.268 e. The van der Waals surface area contributed by atoms with Crippen LogP contribution in [0, 0.1) is 0 Å². The van der Waals surface area contributed by atoms with Gasteiger partial charge in [-0.2, -0.15) is 0 Å². The van der Waals surface area contributed by atoms with Crippen molar-refractivity contribution >= 4 is 56.1 Å². The van der Waals surface area contributed by atoms with Crippen molar-refractivity contribution in [1.82, 2.24) is 4.98 Å². The molecule has 0 aliphatic carbocycles. The molecule has 3 rings (SSSR count). The lowest BCUT2D eigenvalue weighted by molar-refractivity contribution is 0.100. The Kier molecular flexibility index (Phi) is 5.04. The fourth-order valence-corrected chi connectivity index (χ4v) is 3.67. The standard InChI is InChI=1S/C16H13BrClN3OS/c1-10-9-23-16(20-10)21(14-4-2-13(18)3-5-14)15(22)11-6-12(17)8-19-7-11/h2-8,10H,9H2,1H3/t10-/m1/s1. The minimum absolute atomic E-state index is 0.165. The normalized spacial score (nSPS) is 17.0. The molecule has 1 amide bonds. The lowest BCUT2D eigenvalue weighted by atomic mass is 10.2. The number of thioether (sulfide) groups is 1. The summed E-state index contributed by atoms with van der Waals surface area (Å²) in [7, 11) is 0. The van der Waals surface area contributed by atoms with Crippen LogP contribution in [0.15, 0.2) is 52.2 Å². The van der Waals surface area contributed by atoms with Gasteiger partial charge < -0.3 is 0 Å². The van der Waals surface area contributed by atoms with Crippen molar-refractivity contribution in [3.8, 4) is 0 Å². The van der Waals surface area contributed by atoms with Crippen LogP contribution in [0.25, 0.3) is 0 Å². The van der Waals surface area contributed by atoms with Crippen LogP contribution < -0.4 is 4.90 Å². The van der Waals surface area contributed by atoms with E-state index in [4.69, 9.17) is 11.6 Å². The first kappa shape index (κ1) is 16.5. The highest BCUT2D eigenvalue weighted by Gasteiger charge is 2.27. The number of benzene rings is 1. The summed E-state index contributed by atoms with van der Waals surface area (Å²) in [5.41, 5.74) is 1.23. The maximum absolute atomic E-state index is 13.0. The predicted octanol–water partition coefficient (Wildman–Crippen LogP) is 4.64. The summed E-state index contributed by atoms with van der Waals surface area (Å²) >= 11 is 10.9. The average Bonchev–Trinajstić information content (AvgIpc) is 2.95. The Bertz CT molecular complexity index is 766. The smallest absolute Gasteiger partial charge is 0.266 e. The van der Waals surface area contributed by atoms with E-state index in [9.17, 15) is 4.79 Å². The maximum atomic E-state index is 13.0. The number of pyridine rings is 1. The van der Waals surface area contributed by atoms with Gasteiger partial charge in [-0.1, -0.05) is 23.4 Å². The Labute approximate surface area is 152 Å². The second kappa shape index (κ2) is 7.03. The van der Waals surface area contributed by atoms with Crippen molar-refractivity contribution in [1.29, 1.82) is 0 Å². The number of aromatic nitrogens is 1. The Balaban J connectivity index is 2.03.